The van der Waals surface area contributed by atoms with Crippen molar-refractivity contribution in [1.82, 2.24) is 9.55 Å². The maximum Gasteiger partial charge on any atom is 0.240 e. The van der Waals surface area contributed by atoms with E-state index in [9.17, 15) is 4.79 Å². The molecule has 0 saturated carbocycles. The van der Waals surface area contributed by atoms with Gasteiger partial charge >= 0.3 is 0 Å². The highest BCUT2D eigenvalue weighted by atomic mass is 16.1. The van der Waals surface area contributed by atoms with E-state index in [2.05, 4.69) is 4.98 Å². The zero-order valence-electron chi connectivity index (χ0n) is 8.14. The van der Waals surface area contributed by atoms with Gasteiger partial charge in [0.15, 0.2) is 11.4 Å². The van der Waals surface area contributed by atoms with Crippen LogP contribution in [0.15, 0.2) is 6.33 Å². The van der Waals surface area contributed by atoms with Crippen LogP contribution in [0.25, 0.3) is 0 Å². The van der Waals surface area contributed by atoms with Crippen molar-refractivity contribution in [3.63, 3.8) is 0 Å². The summed E-state index contributed by atoms with van der Waals surface area (Å²) >= 11 is 0. The molecule has 0 saturated heterocycles. The number of nitrogens with zero attached hydrogens (tertiary/aromatic N) is 4. The second-order valence-corrected chi connectivity index (χ2v) is 2.90. The van der Waals surface area contributed by atoms with E-state index >= 15 is 0 Å². The van der Waals surface area contributed by atoms with E-state index in [0.717, 1.165) is 0 Å². The summed E-state index contributed by atoms with van der Waals surface area (Å²) in [6, 6.07) is 2.98. The Morgan fingerprint density at radius 3 is 2.73 bits per heavy atom. The van der Waals surface area contributed by atoms with Gasteiger partial charge in [-0.15, -0.1) is 0 Å². The standard InChI is InChI=1S/C9H9N5O/c1-2-7(9(12)15)14-5-13-6(3-10)8(14)4-11/h5,7H,2H2,1H3,(H2,12,15). The molecule has 0 fully saturated rings. The Hall–Kier alpha value is -2.34. The van der Waals surface area contributed by atoms with E-state index in [1.807, 2.05) is 6.07 Å². The van der Waals surface area contributed by atoms with Crippen LogP contribution >= 0.6 is 0 Å². The van der Waals surface area contributed by atoms with Crippen molar-refractivity contribution in [1.29, 1.82) is 10.5 Å². The van der Waals surface area contributed by atoms with E-state index in [0.29, 0.717) is 6.42 Å². The summed E-state index contributed by atoms with van der Waals surface area (Å²) in [5, 5.41) is 17.5. The van der Waals surface area contributed by atoms with Gasteiger partial charge in [-0.1, -0.05) is 6.92 Å². The lowest BCUT2D eigenvalue weighted by Gasteiger charge is -2.12. The fraction of sp³-hybridized carbons (Fsp3) is 0.333. The van der Waals surface area contributed by atoms with Crippen LogP contribution in [-0.4, -0.2) is 15.5 Å². The number of nitrogens with two attached hydrogens (primary N) is 1. The normalized spacial score (nSPS) is 11.4. The number of aromatic nitrogens is 2. The molecule has 0 aliphatic heterocycles. The number of nitriles is 2. The zero-order valence-corrected chi connectivity index (χ0v) is 8.14. The van der Waals surface area contributed by atoms with Crippen LogP contribution in [-0.2, 0) is 4.79 Å². The first-order valence-electron chi connectivity index (χ1n) is 4.32. The number of carbonyl (C=O) groups is 1. The quantitative estimate of drug-likeness (QED) is 0.749. The lowest BCUT2D eigenvalue weighted by Crippen LogP contribution is -2.26. The largest absolute Gasteiger partial charge is 0.368 e. The van der Waals surface area contributed by atoms with Gasteiger partial charge in [-0.3, -0.25) is 4.79 Å². The summed E-state index contributed by atoms with van der Waals surface area (Å²) in [5.74, 6) is -0.545. The highest BCUT2D eigenvalue weighted by molar-refractivity contribution is 5.78. The van der Waals surface area contributed by atoms with Crippen molar-refractivity contribution in [2.24, 2.45) is 5.73 Å². The van der Waals surface area contributed by atoms with Crippen LogP contribution in [0.2, 0.25) is 0 Å². The first-order chi connectivity index (χ1) is 7.15. The smallest absolute Gasteiger partial charge is 0.240 e. The summed E-state index contributed by atoms with van der Waals surface area (Å²) in [6.07, 6.45) is 1.74. The third-order valence-corrected chi connectivity index (χ3v) is 2.06. The molecule has 1 unspecified atom stereocenters. The van der Waals surface area contributed by atoms with E-state index in [-0.39, 0.29) is 11.4 Å². The third-order valence-electron chi connectivity index (χ3n) is 2.06. The summed E-state index contributed by atoms with van der Waals surface area (Å²) in [7, 11) is 0. The predicted molar refractivity (Wildman–Crippen MR) is 50.2 cm³/mol. The van der Waals surface area contributed by atoms with Crippen LogP contribution in [0.3, 0.4) is 0 Å². The molecular formula is C9H9N5O. The number of imidazole rings is 1. The molecule has 0 spiro atoms. The minimum Gasteiger partial charge on any atom is -0.368 e. The first kappa shape index (κ1) is 10.7. The molecule has 1 rings (SSSR count). The minimum absolute atomic E-state index is 0.0113. The third kappa shape index (κ3) is 1.79. The molecule has 15 heavy (non-hydrogen) atoms. The summed E-state index contributed by atoms with van der Waals surface area (Å²) < 4.78 is 1.33. The van der Waals surface area contributed by atoms with Crippen LogP contribution < -0.4 is 5.73 Å². The number of primary amides is 1. The van der Waals surface area contributed by atoms with Gasteiger partial charge in [-0.25, -0.2) is 4.98 Å². The number of amides is 1. The Morgan fingerprint density at radius 2 is 2.33 bits per heavy atom. The molecule has 1 heterocycles. The van der Waals surface area contributed by atoms with Gasteiger partial charge < -0.3 is 10.3 Å². The average Bonchev–Trinajstić information content (AvgIpc) is 2.61. The van der Waals surface area contributed by atoms with Crippen LogP contribution in [0.1, 0.15) is 30.8 Å². The molecule has 1 aromatic rings. The summed E-state index contributed by atoms with van der Waals surface area (Å²) in [4.78, 5) is 14.8. The maximum atomic E-state index is 11.1. The van der Waals surface area contributed by atoms with E-state index in [1.165, 1.54) is 10.9 Å². The second-order valence-electron chi connectivity index (χ2n) is 2.90. The zero-order chi connectivity index (χ0) is 11.4. The van der Waals surface area contributed by atoms with Crippen molar-refractivity contribution in [3.8, 4) is 12.1 Å². The minimum atomic E-state index is -0.630. The van der Waals surface area contributed by atoms with Crippen molar-refractivity contribution in [2.45, 2.75) is 19.4 Å². The van der Waals surface area contributed by atoms with Crippen molar-refractivity contribution in [2.75, 3.05) is 0 Å². The Labute approximate surface area is 86.5 Å². The summed E-state index contributed by atoms with van der Waals surface area (Å²) in [5.41, 5.74) is 5.26. The fourth-order valence-corrected chi connectivity index (χ4v) is 1.32. The molecule has 0 radical (unpaired) electrons. The molecule has 0 aliphatic rings. The average molecular weight is 203 g/mol. The van der Waals surface area contributed by atoms with Crippen LogP contribution in [0.4, 0.5) is 0 Å². The molecule has 6 heteroatoms. The maximum absolute atomic E-state index is 11.1. The molecule has 6 nitrogen and oxygen atoms in total. The van der Waals surface area contributed by atoms with Crippen molar-refractivity contribution < 1.29 is 4.79 Å². The van der Waals surface area contributed by atoms with Gasteiger partial charge in [0.2, 0.25) is 5.91 Å². The van der Waals surface area contributed by atoms with E-state index in [4.69, 9.17) is 16.3 Å². The van der Waals surface area contributed by atoms with Gasteiger partial charge in [0.1, 0.15) is 18.2 Å². The molecule has 1 amide bonds. The number of hydrogen-bond donors (Lipinski definition) is 1. The molecule has 1 atom stereocenters. The number of rotatable bonds is 3. The fourth-order valence-electron chi connectivity index (χ4n) is 1.32. The van der Waals surface area contributed by atoms with E-state index < -0.39 is 11.9 Å². The SMILES string of the molecule is CCC(C(N)=O)n1cnc(C#N)c1C#N. The molecule has 0 aromatic carbocycles. The molecular weight excluding hydrogens is 194 g/mol. The second kappa shape index (κ2) is 4.25. The molecule has 1 aromatic heterocycles. The van der Waals surface area contributed by atoms with E-state index in [1.54, 1.807) is 13.0 Å². The van der Waals surface area contributed by atoms with Crippen LogP contribution in [0, 0.1) is 22.7 Å². The lowest BCUT2D eigenvalue weighted by molar-refractivity contribution is -0.121. The van der Waals surface area contributed by atoms with Gasteiger partial charge in [0.25, 0.3) is 0 Å². The Bertz CT molecular complexity index is 462. The number of carbonyl (C=O) groups excluding carboxylic acids is 1. The molecule has 76 valence electrons. The van der Waals surface area contributed by atoms with Gasteiger partial charge in [-0.05, 0) is 6.42 Å². The van der Waals surface area contributed by atoms with Gasteiger partial charge in [0.05, 0.1) is 6.33 Å². The highest BCUT2D eigenvalue weighted by Gasteiger charge is 2.20. The Balaban J connectivity index is 3.27. The monoisotopic (exact) mass is 203 g/mol. The van der Waals surface area contributed by atoms with Crippen LogP contribution in [0.5, 0.6) is 0 Å². The lowest BCUT2D eigenvalue weighted by atomic mass is 10.2. The molecule has 0 bridgehead atoms. The van der Waals surface area contributed by atoms with Crippen molar-refractivity contribution in [3.05, 3.63) is 17.7 Å². The number of hydrogen-bond acceptors (Lipinski definition) is 4. The molecule has 0 aliphatic carbocycles. The first-order valence-corrected chi connectivity index (χ1v) is 4.32. The van der Waals surface area contributed by atoms with Crippen molar-refractivity contribution >= 4 is 5.91 Å². The van der Waals surface area contributed by atoms with Gasteiger partial charge in [0, 0.05) is 0 Å². The molecule has 2 N–H and O–H groups in total. The predicted octanol–water partition coefficient (Wildman–Crippen LogP) is 0.0629. The highest BCUT2D eigenvalue weighted by Crippen LogP contribution is 2.15. The van der Waals surface area contributed by atoms with Gasteiger partial charge in [-0.2, -0.15) is 10.5 Å². The summed E-state index contributed by atoms with van der Waals surface area (Å²) in [6.45, 7) is 1.77. The Kier molecular flexibility index (Phi) is 3.04. The topological polar surface area (TPSA) is 108 Å². The Morgan fingerprint density at radius 1 is 1.67 bits per heavy atom.